The molecule has 0 radical (unpaired) electrons. The largest absolute Gasteiger partial charge is 0.392 e. The number of hydrogen-bond acceptors (Lipinski definition) is 1. The minimum atomic E-state index is -0.246. The summed E-state index contributed by atoms with van der Waals surface area (Å²) in [5.74, 6) is 3.70. The number of halogens is 1. The number of aliphatic hydroxyl groups excluding tert-OH is 1. The summed E-state index contributed by atoms with van der Waals surface area (Å²) in [5, 5.41) is 10.8. The van der Waals surface area contributed by atoms with Crippen LogP contribution in [0.25, 0.3) is 0 Å². The topological polar surface area (TPSA) is 20.2 Å². The third-order valence-corrected chi connectivity index (χ3v) is 6.48. The second-order valence-corrected chi connectivity index (χ2v) is 7.85. The Balaban J connectivity index is 1.51. The van der Waals surface area contributed by atoms with Gasteiger partial charge in [0.1, 0.15) is 5.82 Å². The third kappa shape index (κ3) is 2.42. The fraction of sp³-hybridized carbons (Fsp3) is 0.684. The molecule has 4 fully saturated rings. The smallest absolute Gasteiger partial charge is 0.123 e. The molecule has 5 rings (SSSR count). The number of aliphatic hydroxyl groups is 1. The lowest BCUT2D eigenvalue weighted by Gasteiger charge is -2.55. The van der Waals surface area contributed by atoms with E-state index in [2.05, 4.69) is 0 Å². The standard InChI is InChI=1S/C19H25FO/c1-11-4-17(20)3-2-14(11)10-18(21)19-15-6-12-5-13(8-15)9-16(19)7-12/h2-4,12-13,15-16,18-19,21H,5-10H2,1H3. The van der Waals surface area contributed by atoms with E-state index in [9.17, 15) is 9.50 Å². The molecule has 1 aromatic rings. The van der Waals surface area contributed by atoms with E-state index in [0.29, 0.717) is 12.3 Å². The lowest BCUT2D eigenvalue weighted by molar-refractivity contribution is -0.0888. The molecule has 4 aliphatic rings. The Morgan fingerprint density at radius 2 is 1.71 bits per heavy atom. The molecule has 0 heterocycles. The Bertz CT molecular complexity index is 510. The van der Waals surface area contributed by atoms with E-state index < -0.39 is 0 Å². The summed E-state index contributed by atoms with van der Waals surface area (Å²) >= 11 is 0. The quantitative estimate of drug-likeness (QED) is 0.887. The Morgan fingerprint density at radius 1 is 1.10 bits per heavy atom. The summed E-state index contributed by atoms with van der Waals surface area (Å²) in [6, 6.07) is 4.95. The fourth-order valence-electron chi connectivity index (χ4n) is 5.85. The van der Waals surface area contributed by atoms with Crippen LogP contribution in [-0.4, -0.2) is 11.2 Å². The van der Waals surface area contributed by atoms with Gasteiger partial charge in [0.2, 0.25) is 0 Å². The molecule has 0 aliphatic heterocycles. The van der Waals surface area contributed by atoms with Gasteiger partial charge in [-0.25, -0.2) is 4.39 Å². The van der Waals surface area contributed by atoms with Crippen molar-refractivity contribution in [2.24, 2.45) is 29.6 Å². The third-order valence-electron chi connectivity index (χ3n) is 6.48. The zero-order valence-electron chi connectivity index (χ0n) is 12.8. The Morgan fingerprint density at radius 3 is 2.29 bits per heavy atom. The van der Waals surface area contributed by atoms with Gasteiger partial charge in [-0.3, -0.25) is 0 Å². The van der Waals surface area contributed by atoms with Crippen molar-refractivity contribution in [2.45, 2.75) is 51.6 Å². The first-order valence-electron chi connectivity index (χ1n) is 8.53. The normalized spacial score (nSPS) is 38.7. The van der Waals surface area contributed by atoms with Gasteiger partial charge in [-0.1, -0.05) is 6.07 Å². The number of benzene rings is 1. The highest BCUT2D eigenvalue weighted by atomic mass is 19.1. The Kier molecular flexibility index (Phi) is 3.33. The maximum atomic E-state index is 13.2. The molecule has 1 aromatic carbocycles. The van der Waals surface area contributed by atoms with E-state index in [0.717, 1.165) is 34.8 Å². The number of rotatable bonds is 3. The van der Waals surface area contributed by atoms with Crippen molar-refractivity contribution in [3.05, 3.63) is 35.1 Å². The molecule has 0 spiro atoms. The highest BCUT2D eigenvalue weighted by Gasteiger charge is 2.50. The second-order valence-electron chi connectivity index (χ2n) is 7.85. The van der Waals surface area contributed by atoms with E-state index in [1.54, 1.807) is 6.07 Å². The van der Waals surface area contributed by atoms with Crippen LogP contribution >= 0.6 is 0 Å². The van der Waals surface area contributed by atoms with Crippen LogP contribution in [0.4, 0.5) is 4.39 Å². The van der Waals surface area contributed by atoms with Crippen LogP contribution in [0.15, 0.2) is 18.2 Å². The summed E-state index contributed by atoms with van der Waals surface area (Å²) < 4.78 is 13.2. The highest BCUT2D eigenvalue weighted by molar-refractivity contribution is 5.27. The van der Waals surface area contributed by atoms with E-state index >= 15 is 0 Å². The van der Waals surface area contributed by atoms with Gasteiger partial charge in [-0.05, 0) is 98.3 Å². The molecule has 0 aromatic heterocycles. The van der Waals surface area contributed by atoms with Crippen LogP contribution in [0.2, 0.25) is 0 Å². The predicted octanol–water partition coefficient (Wildman–Crippen LogP) is 4.11. The van der Waals surface area contributed by atoms with Crippen LogP contribution in [0, 0.1) is 42.3 Å². The maximum absolute atomic E-state index is 13.2. The molecule has 4 saturated carbocycles. The molecule has 1 atom stereocenters. The Labute approximate surface area is 126 Å². The van der Waals surface area contributed by atoms with Crippen molar-refractivity contribution in [3.8, 4) is 0 Å². The summed E-state index contributed by atoms with van der Waals surface area (Å²) in [6.07, 6.45) is 7.28. The number of hydrogen-bond donors (Lipinski definition) is 1. The van der Waals surface area contributed by atoms with Crippen LogP contribution in [-0.2, 0) is 6.42 Å². The first-order chi connectivity index (χ1) is 10.1. The molecule has 4 aliphatic carbocycles. The molecule has 1 unspecified atom stereocenters. The van der Waals surface area contributed by atoms with Gasteiger partial charge in [-0.2, -0.15) is 0 Å². The summed E-state index contributed by atoms with van der Waals surface area (Å²) in [6.45, 7) is 1.95. The zero-order chi connectivity index (χ0) is 14.6. The molecule has 0 saturated heterocycles. The molecule has 0 amide bonds. The molecule has 2 heteroatoms. The van der Waals surface area contributed by atoms with E-state index in [1.807, 2.05) is 13.0 Å². The van der Waals surface area contributed by atoms with Gasteiger partial charge >= 0.3 is 0 Å². The van der Waals surface area contributed by atoms with Gasteiger partial charge in [0.25, 0.3) is 0 Å². The minimum Gasteiger partial charge on any atom is -0.392 e. The van der Waals surface area contributed by atoms with Crippen molar-refractivity contribution in [1.29, 1.82) is 0 Å². The number of aryl methyl sites for hydroxylation is 1. The van der Waals surface area contributed by atoms with Gasteiger partial charge in [0.05, 0.1) is 6.10 Å². The molecular formula is C19H25FO. The monoisotopic (exact) mass is 288 g/mol. The zero-order valence-corrected chi connectivity index (χ0v) is 12.8. The Hall–Kier alpha value is -0.890. The van der Waals surface area contributed by atoms with Crippen LogP contribution < -0.4 is 0 Å². The van der Waals surface area contributed by atoms with Crippen molar-refractivity contribution < 1.29 is 9.50 Å². The minimum absolute atomic E-state index is 0.180. The highest BCUT2D eigenvalue weighted by Crippen LogP contribution is 2.57. The predicted molar refractivity (Wildman–Crippen MR) is 81.4 cm³/mol. The van der Waals surface area contributed by atoms with Crippen LogP contribution in [0.5, 0.6) is 0 Å². The van der Waals surface area contributed by atoms with Gasteiger partial charge < -0.3 is 5.11 Å². The first kappa shape index (κ1) is 13.8. The van der Waals surface area contributed by atoms with E-state index in [1.165, 1.54) is 38.2 Å². The van der Waals surface area contributed by atoms with Gasteiger partial charge in [0, 0.05) is 0 Å². The van der Waals surface area contributed by atoms with E-state index in [4.69, 9.17) is 0 Å². The summed E-state index contributed by atoms with van der Waals surface area (Å²) in [4.78, 5) is 0. The van der Waals surface area contributed by atoms with E-state index in [-0.39, 0.29) is 11.9 Å². The lowest BCUT2D eigenvalue weighted by atomic mass is 9.50. The van der Waals surface area contributed by atoms with Crippen LogP contribution in [0.1, 0.15) is 43.2 Å². The van der Waals surface area contributed by atoms with Crippen molar-refractivity contribution in [1.82, 2.24) is 0 Å². The van der Waals surface area contributed by atoms with Gasteiger partial charge in [0.15, 0.2) is 0 Å². The van der Waals surface area contributed by atoms with Crippen molar-refractivity contribution in [2.75, 3.05) is 0 Å². The first-order valence-corrected chi connectivity index (χ1v) is 8.53. The van der Waals surface area contributed by atoms with Gasteiger partial charge in [-0.15, -0.1) is 0 Å². The van der Waals surface area contributed by atoms with Crippen LogP contribution in [0.3, 0.4) is 0 Å². The average Bonchev–Trinajstić information content (AvgIpc) is 2.40. The van der Waals surface area contributed by atoms with Crippen molar-refractivity contribution >= 4 is 0 Å². The fourth-order valence-corrected chi connectivity index (χ4v) is 5.85. The average molecular weight is 288 g/mol. The molecule has 1 nitrogen and oxygen atoms in total. The lowest BCUT2D eigenvalue weighted by Crippen LogP contribution is -2.49. The molecule has 21 heavy (non-hydrogen) atoms. The van der Waals surface area contributed by atoms with Crippen molar-refractivity contribution in [3.63, 3.8) is 0 Å². The molecule has 1 N–H and O–H groups in total. The summed E-state index contributed by atoms with van der Waals surface area (Å²) in [7, 11) is 0. The second kappa shape index (κ2) is 5.08. The summed E-state index contributed by atoms with van der Waals surface area (Å²) in [5.41, 5.74) is 2.08. The maximum Gasteiger partial charge on any atom is 0.123 e. The molecular weight excluding hydrogens is 263 g/mol. The molecule has 4 bridgehead atoms. The SMILES string of the molecule is Cc1cc(F)ccc1CC(O)C1C2CC3CC(C2)CC1C3. The molecule has 114 valence electrons.